The quantitative estimate of drug-likeness (QED) is 0.885. The molecule has 1 N–H and O–H groups in total. The lowest BCUT2D eigenvalue weighted by Crippen LogP contribution is -2.22. The van der Waals surface area contributed by atoms with Crippen LogP contribution in [0.25, 0.3) is 5.69 Å². The van der Waals surface area contributed by atoms with Crippen LogP contribution in [0.2, 0.25) is 0 Å². The Labute approximate surface area is 104 Å². The first-order valence-corrected chi connectivity index (χ1v) is 5.76. The molecular weight excluding hydrogens is 236 g/mol. The molecule has 0 unspecified atom stereocenters. The van der Waals surface area contributed by atoms with Gasteiger partial charge in [-0.25, -0.2) is 13.8 Å². The maximum Gasteiger partial charge on any atom is 0.250 e. The number of benzene rings is 1. The van der Waals surface area contributed by atoms with Crippen molar-refractivity contribution in [1.82, 2.24) is 14.9 Å². The van der Waals surface area contributed by atoms with Crippen LogP contribution in [-0.2, 0) is 6.54 Å². The molecule has 0 fully saturated rings. The number of imidazole rings is 1. The summed E-state index contributed by atoms with van der Waals surface area (Å²) in [6.07, 6.45) is -0.625. The molecule has 5 heteroatoms. The van der Waals surface area contributed by atoms with Crippen LogP contribution in [-0.4, -0.2) is 22.5 Å². The third-order valence-corrected chi connectivity index (χ3v) is 2.63. The molecule has 18 heavy (non-hydrogen) atoms. The predicted molar refractivity (Wildman–Crippen MR) is 66.0 cm³/mol. The average Bonchev–Trinajstić information content (AvgIpc) is 2.71. The lowest BCUT2D eigenvalue weighted by Gasteiger charge is -2.10. The summed E-state index contributed by atoms with van der Waals surface area (Å²) in [4.78, 5) is 4.23. The second-order valence-electron chi connectivity index (χ2n) is 3.99. The Balaban J connectivity index is 2.17. The molecule has 2 aromatic rings. The second-order valence-corrected chi connectivity index (χ2v) is 3.99. The Morgan fingerprint density at radius 2 is 2.00 bits per heavy atom. The van der Waals surface area contributed by atoms with Gasteiger partial charge in [-0.2, -0.15) is 0 Å². The Morgan fingerprint density at radius 1 is 1.28 bits per heavy atom. The minimum absolute atomic E-state index is 0.307. The molecule has 3 nitrogen and oxygen atoms in total. The first-order valence-electron chi connectivity index (χ1n) is 5.76. The number of aryl methyl sites for hydroxylation is 1. The number of para-hydroxylation sites is 1. The van der Waals surface area contributed by atoms with E-state index < -0.39 is 6.43 Å². The van der Waals surface area contributed by atoms with Crippen molar-refractivity contribution in [1.29, 1.82) is 0 Å². The van der Waals surface area contributed by atoms with E-state index in [4.69, 9.17) is 0 Å². The first kappa shape index (κ1) is 12.7. The van der Waals surface area contributed by atoms with Gasteiger partial charge in [-0.05, 0) is 19.1 Å². The van der Waals surface area contributed by atoms with Crippen LogP contribution in [0.3, 0.4) is 0 Å². The smallest absolute Gasteiger partial charge is 0.250 e. The number of alkyl halides is 2. The highest BCUT2D eigenvalue weighted by Crippen LogP contribution is 2.14. The summed E-state index contributed by atoms with van der Waals surface area (Å²) in [5.41, 5.74) is 1.86. The number of nitrogens with zero attached hydrogens (tertiary/aromatic N) is 2. The highest BCUT2D eigenvalue weighted by atomic mass is 19.3. The summed E-state index contributed by atoms with van der Waals surface area (Å²) in [5, 5.41) is 2.71. The van der Waals surface area contributed by atoms with Gasteiger partial charge in [-0.3, -0.25) is 4.57 Å². The standard InChI is InChI=1S/C13H15F2N3/c1-10-17-8-12(7-16-9-13(14)15)18(10)11-5-3-2-4-6-11/h2-6,8,13,16H,7,9H2,1H3. The van der Waals surface area contributed by atoms with Crippen LogP contribution < -0.4 is 5.32 Å². The SMILES string of the molecule is Cc1ncc(CNCC(F)F)n1-c1ccccc1. The topological polar surface area (TPSA) is 29.9 Å². The van der Waals surface area contributed by atoms with Crippen molar-refractivity contribution in [2.24, 2.45) is 0 Å². The van der Waals surface area contributed by atoms with Crippen LogP contribution in [0, 0.1) is 6.92 Å². The van der Waals surface area contributed by atoms with E-state index in [1.807, 2.05) is 41.8 Å². The molecule has 96 valence electrons. The van der Waals surface area contributed by atoms with E-state index in [-0.39, 0.29) is 6.54 Å². The van der Waals surface area contributed by atoms with Gasteiger partial charge in [0.05, 0.1) is 18.4 Å². The zero-order valence-corrected chi connectivity index (χ0v) is 10.1. The Kier molecular flexibility index (Phi) is 4.04. The third kappa shape index (κ3) is 2.92. The van der Waals surface area contributed by atoms with Crippen molar-refractivity contribution in [3.63, 3.8) is 0 Å². The molecule has 1 aromatic heterocycles. The highest BCUT2D eigenvalue weighted by molar-refractivity contribution is 5.35. The van der Waals surface area contributed by atoms with E-state index in [9.17, 15) is 8.78 Å². The van der Waals surface area contributed by atoms with Crippen LogP contribution >= 0.6 is 0 Å². The molecule has 0 saturated carbocycles. The number of hydrogen-bond donors (Lipinski definition) is 1. The fourth-order valence-electron chi connectivity index (χ4n) is 1.85. The van der Waals surface area contributed by atoms with Crippen molar-refractivity contribution in [2.75, 3.05) is 6.54 Å². The third-order valence-electron chi connectivity index (χ3n) is 2.63. The monoisotopic (exact) mass is 251 g/mol. The average molecular weight is 251 g/mol. The fraction of sp³-hybridized carbons (Fsp3) is 0.308. The van der Waals surface area contributed by atoms with Crippen molar-refractivity contribution >= 4 is 0 Å². The van der Waals surface area contributed by atoms with E-state index in [1.165, 1.54) is 0 Å². The molecular formula is C13H15F2N3. The van der Waals surface area contributed by atoms with E-state index >= 15 is 0 Å². The van der Waals surface area contributed by atoms with E-state index in [2.05, 4.69) is 10.3 Å². The van der Waals surface area contributed by atoms with Gasteiger partial charge in [0, 0.05) is 12.2 Å². The molecule has 0 aliphatic heterocycles. The Hall–Kier alpha value is -1.75. The highest BCUT2D eigenvalue weighted by Gasteiger charge is 2.09. The van der Waals surface area contributed by atoms with Crippen molar-refractivity contribution in [3.05, 3.63) is 48.0 Å². The van der Waals surface area contributed by atoms with Gasteiger partial charge in [0.2, 0.25) is 0 Å². The fourth-order valence-corrected chi connectivity index (χ4v) is 1.85. The largest absolute Gasteiger partial charge is 0.306 e. The zero-order chi connectivity index (χ0) is 13.0. The molecule has 1 heterocycles. The molecule has 0 spiro atoms. The minimum Gasteiger partial charge on any atom is -0.306 e. The van der Waals surface area contributed by atoms with E-state index in [0.29, 0.717) is 6.54 Å². The second kappa shape index (κ2) is 5.73. The Bertz CT molecular complexity index is 494. The van der Waals surface area contributed by atoms with Crippen molar-refractivity contribution in [3.8, 4) is 5.69 Å². The number of hydrogen-bond acceptors (Lipinski definition) is 2. The summed E-state index contributed by atoms with van der Waals surface area (Å²) >= 11 is 0. The first-order chi connectivity index (χ1) is 8.68. The molecule has 0 saturated heterocycles. The van der Waals surface area contributed by atoms with Crippen LogP contribution in [0.5, 0.6) is 0 Å². The number of halogens is 2. The van der Waals surface area contributed by atoms with Crippen molar-refractivity contribution in [2.45, 2.75) is 19.9 Å². The molecule has 2 rings (SSSR count). The van der Waals surface area contributed by atoms with Gasteiger partial charge in [0.25, 0.3) is 6.43 Å². The molecule has 0 bridgehead atoms. The summed E-state index contributed by atoms with van der Waals surface area (Å²) in [7, 11) is 0. The number of rotatable bonds is 5. The van der Waals surface area contributed by atoms with Gasteiger partial charge in [0.1, 0.15) is 5.82 Å². The van der Waals surface area contributed by atoms with E-state index in [1.54, 1.807) is 6.20 Å². The number of aromatic nitrogens is 2. The van der Waals surface area contributed by atoms with Crippen molar-refractivity contribution < 1.29 is 8.78 Å². The van der Waals surface area contributed by atoms with Crippen LogP contribution in [0.4, 0.5) is 8.78 Å². The van der Waals surface area contributed by atoms with Gasteiger partial charge in [0.15, 0.2) is 0 Å². The van der Waals surface area contributed by atoms with Gasteiger partial charge < -0.3 is 5.32 Å². The predicted octanol–water partition coefficient (Wildman–Crippen LogP) is 2.54. The van der Waals surface area contributed by atoms with Gasteiger partial charge in [-0.1, -0.05) is 18.2 Å². The summed E-state index contributed by atoms with van der Waals surface area (Å²) in [6.45, 7) is 1.96. The molecule has 0 aliphatic rings. The molecule has 1 aromatic carbocycles. The molecule has 0 aliphatic carbocycles. The summed E-state index contributed by atoms with van der Waals surface area (Å²) in [6, 6.07) is 9.73. The molecule has 0 amide bonds. The molecule has 0 atom stereocenters. The van der Waals surface area contributed by atoms with E-state index in [0.717, 1.165) is 17.2 Å². The lowest BCUT2D eigenvalue weighted by atomic mass is 10.3. The van der Waals surface area contributed by atoms with Gasteiger partial charge in [-0.15, -0.1) is 0 Å². The van der Waals surface area contributed by atoms with Crippen LogP contribution in [0.15, 0.2) is 36.5 Å². The maximum absolute atomic E-state index is 12.1. The Morgan fingerprint density at radius 3 is 2.67 bits per heavy atom. The minimum atomic E-state index is -2.33. The summed E-state index contributed by atoms with van der Waals surface area (Å²) in [5.74, 6) is 0.843. The lowest BCUT2D eigenvalue weighted by molar-refractivity contribution is 0.145. The van der Waals surface area contributed by atoms with Crippen LogP contribution in [0.1, 0.15) is 11.5 Å². The number of nitrogens with one attached hydrogen (secondary N) is 1. The molecule has 0 radical (unpaired) electrons. The van der Waals surface area contributed by atoms with Gasteiger partial charge >= 0.3 is 0 Å². The summed E-state index contributed by atoms with van der Waals surface area (Å²) < 4.78 is 26.1. The normalized spacial score (nSPS) is 11.1. The zero-order valence-electron chi connectivity index (χ0n) is 10.1. The maximum atomic E-state index is 12.1.